The molecule has 2 aromatic heterocycles. The lowest BCUT2D eigenvalue weighted by Crippen LogP contribution is -2.25. The molecule has 0 unspecified atom stereocenters. The van der Waals surface area contributed by atoms with Gasteiger partial charge < -0.3 is 9.72 Å². The van der Waals surface area contributed by atoms with E-state index in [9.17, 15) is 9.59 Å². The molecule has 0 saturated heterocycles. The third-order valence-electron chi connectivity index (χ3n) is 4.66. The second kappa shape index (κ2) is 7.15. The van der Waals surface area contributed by atoms with Crippen molar-refractivity contribution in [1.82, 2.24) is 14.8 Å². The number of para-hydroxylation sites is 1. The van der Waals surface area contributed by atoms with E-state index in [0.717, 1.165) is 22.3 Å². The summed E-state index contributed by atoms with van der Waals surface area (Å²) in [5.41, 5.74) is 3.42. The molecular weight excluding hydrogens is 354 g/mol. The molecule has 0 radical (unpaired) electrons. The molecule has 0 bridgehead atoms. The number of ether oxygens (including phenoxy) is 1. The lowest BCUT2D eigenvalue weighted by atomic mass is 10.0. The normalized spacial score (nSPS) is 12.1. The van der Waals surface area contributed by atoms with Gasteiger partial charge in [0.15, 0.2) is 6.10 Å². The first-order chi connectivity index (χ1) is 13.5. The number of aromatic nitrogens is 3. The summed E-state index contributed by atoms with van der Waals surface area (Å²) in [7, 11) is 0. The zero-order valence-electron chi connectivity index (χ0n) is 15.5. The summed E-state index contributed by atoms with van der Waals surface area (Å²) in [6.45, 7) is 3.44. The van der Waals surface area contributed by atoms with Crippen LogP contribution >= 0.6 is 0 Å². The number of H-pyrrole nitrogens is 1. The van der Waals surface area contributed by atoms with E-state index in [1.54, 1.807) is 42.1 Å². The zero-order valence-corrected chi connectivity index (χ0v) is 15.5. The number of carbonyl (C=O) groups is 2. The fraction of sp³-hybridized carbons (Fsp3) is 0.136. The van der Waals surface area contributed by atoms with Crippen LogP contribution < -0.4 is 0 Å². The Hall–Kier alpha value is -3.67. The Kier molecular flexibility index (Phi) is 4.53. The van der Waals surface area contributed by atoms with Crippen LogP contribution in [-0.2, 0) is 4.74 Å². The van der Waals surface area contributed by atoms with Gasteiger partial charge in [-0.05, 0) is 50.2 Å². The van der Waals surface area contributed by atoms with Gasteiger partial charge >= 0.3 is 5.97 Å². The number of ketones is 1. The van der Waals surface area contributed by atoms with Gasteiger partial charge in [0.1, 0.15) is 0 Å². The first kappa shape index (κ1) is 17.7. The molecule has 0 aliphatic carbocycles. The molecule has 0 aliphatic rings. The number of nitrogens with zero attached hydrogens (tertiary/aromatic N) is 2. The average molecular weight is 373 g/mol. The lowest BCUT2D eigenvalue weighted by molar-refractivity contribution is 0.0319. The van der Waals surface area contributed by atoms with Crippen molar-refractivity contribution in [2.24, 2.45) is 0 Å². The fourth-order valence-corrected chi connectivity index (χ4v) is 3.25. The Labute approximate surface area is 161 Å². The first-order valence-corrected chi connectivity index (χ1v) is 8.97. The molecule has 4 rings (SSSR count). The second-order valence-electron chi connectivity index (χ2n) is 6.58. The van der Waals surface area contributed by atoms with Crippen LogP contribution in [0.25, 0.3) is 16.6 Å². The van der Waals surface area contributed by atoms with E-state index in [1.165, 1.54) is 0 Å². The molecule has 6 nitrogen and oxygen atoms in total. The number of rotatable bonds is 5. The third-order valence-corrected chi connectivity index (χ3v) is 4.66. The van der Waals surface area contributed by atoms with E-state index in [2.05, 4.69) is 10.1 Å². The lowest BCUT2D eigenvalue weighted by Gasteiger charge is -2.13. The summed E-state index contributed by atoms with van der Waals surface area (Å²) in [6, 6.07) is 16.3. The van der Waals surface area contributed by atoms with Gasteiger partial charge in [-0.15, -0.1) is 0 Å². The molecule has 0 fully saturated rings. The summed E-state index contributed by atoms with van der Waals surface area (Å²) < 4.78 is 7.13. The van der Waals surface area contributed by atoms with Gasteiger partial charge in [-0.1, -0.05) is 18.2 Å². The van der Waals surface area contributed by atoms with E-state index < -0.39 is 12.1 Å². The summed E-state index contributed by atoms with van der Waals surface area (Å²) in [6.07, 6.45) is 2.61. The number of esters is 1. The molecule has 4 aromatic rings. The molecule has 6 heteroatoms. The average Bonchev–Trinajstić information content (AvgIpc) is 3.34. The Morgan fingerprint density at radius 2 is 1.82 bits per heavy atom. The Morgan fingerprint density at radius 3 is 2.54 bits per heavy atom. The summed E-state index contributed by atoms with van der Waals surface area (Å²) >= 11 is 0. The standard InChI is InChI=1S/C22H19N3O3/c1-14-20(18-6-3-4-7-19(18)24-14)21(26)15(2)28-22(27)16-8-10-17(11-9-16)25-13-5-12-23-25/h3-13,15,24H,1-2H3/t15-/m1/s1. The molecule has 140 valence electrons. The number of nitrogens with one attached hydrogen (secondary N) is 1. The van der Waals surface area contributed by atoms with E-state index in [-0.39, 0.29) is 5.78 Å². The first-order valence-electron chi connectivity index (χ1n) is 8.97. The monoisotopic (exact) mass is 373 g/mol. The number of hydrogen-bond donors (Lipinski definition) is 1. The molecular formula is C22H19N3O3. The van der Waals surface area contributed by atoms with Crippen molar-refractivity contribution in [3.8, 4) is 5.69 Å². The highest BCUT2D eigenvalue weighted by Gasteiger charge is 2.24. The molecule has 1 atom stereocenters. The van der Waals surface area contributed by atoms with Crippen molar-refractivity contribution >= 4 is 22.7 Å². The van der Waals surface area contributed by atoms with Gasteiger partial charge in [-0.2, -0.15) is 5.10 Å². The van der Waals surface area contributed by atoms with Gasteiger partial charge in [0.25, 0.3) is 0 Å². The maximum absolute atomic E-state index is 12.9. The Balaban J connectivity index is 1.51. The topological polar surface area (TPSA) is 77.0 Å². The van der Waals surface area contributed by atoms with Crippen LogP contribution in [0.1, 0.15) is 33.3 Å². The maximum atomic E-state index is 12.9. The van der Waals surface area contributed by atoms with Crippen LogP contribution in [-0.4, -0.2) is 32.6 Å². The minimum Gasteiger partial charge on any atom is -0.451 e. The second-order valence-corrected chi connectivity index (χ2v) is 6.58. The molecule has 28 heavy (non-hydrogen) atoms. The summed E-state index contributed by atoms with van der Waals surface area (Å²) in [4.78, 5) is 28.6. The van der Waals surface area contributed by atoms with Crippen LogP contribution in [0.2, 0.25) is 0 Å². The highest BCUT2D eigenvalue weighted by Crippen LogP contribution is 2.24. The van der Waals surface area contributed by atoms with Crippen LogP contribution in [0.5, 0.6) is 0 Å². The van der Waals surface area contributed by atoms with Gasteiger partial charge in [0.05, 0.1) is 11.3 Å². The Bertz CT molecular complexity index is 1140. The molecule has 0 aliphatic heterocycles. The van der Waals surface area contributed by atoms with Crippen molar-refractivity contribution in [2.75, 3.05) is 0 Å². The largest absolute Gasteiger partial charge is 0.451 e. The van der Waals surface area contributed by atoms with Crippen molar-refractivity contribution in [2.45, 2.75) is 20.0 Å². The molecule has 0 amide bonds. The number of carbonyl (C=O) groups excluding carboxylic acids is 2. The number of Topliss-reactive ketones (excluding diaryl/α,β-unsaturated/α-hetero) is 1. The third kappa shape index (κ3) is 3.20. The zero-order chi connectivity index (χ0) is 19.7. The number of hydrogen-bond acceptors (Lipinski definition) is 4. The highest BCUT2D eigenvalue weighted by atomic mass is 16.5. The minimum atomic E-state index is -0.892. The van der Waals surface area contributed by atoms with Crippen LogP contribution in [0.15, 0.2) is 67.0 Å². The van der Waals surface area contributed by atoms with Gasteiger partial charge in [-0.25, -0.2) is 9.48 Å². The van der Waals surface area contributed by atoms with Crippen LogP contribution in [0.4, 0.5) is 0 Å². The maximum Gasteiger partial charge on any atom is 0.338 e. The predicted octanol–water partition coefficient (Wildman–Crippen LogP) is 4.09. The number of fused-ring (bicyclic) bond motifs is 1. The van der Waals surface area contributed by atoms with Gasteiger partial charge in [0.2, 0.25) is 5.78 Å². The molecule has 2 aromatic carbocycles. The predicted molar refractivity (Wildman–Crippen MR) is 106 cm³/mol. The summed E-state index contributed by atoms with van der Waals surface area (Å²) in [5, 5.41) is 4.98. The number of aromatic amines is 1. The van der Waals surface area contributed by atoms with Crippen molar-refractivity contribution in [3.63, 3.8) is 0 Å². The number of benzene rings is 2. The summed E-state index contributed by atoms with van der Waals surface area (Å²) in [5.74, 6) is -0.762. The van der Waals surface area contributed by atoms with Crippen molar-refractivity contribution in [1.29, 1.82) is 0 Å². The van der Waals surface area contributed by atoms with E-state index in [1.807, 2.05) is 43.5 Å². The molecule has 2 heterocycles. The van der Waals surface area contributed by atoms with Crippen LogP contribution in [0.3, 0.4) is 0 Å². The van der Waals surface area contributed by atoms with E-state index in [0.29, 0.717) is 11.1 Å². The quantitative estimate of drug-likeness (QED) is 0.422. The molecule has 1 N–H and O–H groups in total. The van der Waals surface area contributed by atoms with Crippen molar-refractivity contribution in [3.05, 3.63) is 83.8 Å². The van der Waals surface area contributed by atoms with E-state index >= 15 is 0 Å². The van der Waals surface area contributed by atoms with Crippen LogP contribution in [0, 0.1) is 6.92 Å². The highest BCUT2D eigenvalue weighted by molar-refractivity contribution is 6.11. The number of aryl methyl sites for hydroxylation is 1. The fourth-order valence-electron chi connectivity index (χ4n) is 3.25. The SMILES string of the molecule is Cc1[nH]c2ccccc2c1C(=O)[C@@H](C)OC(=O)c1ccc(-n2cccn2)cc1. The molecule has 0 saturated carbocycles. The minimum absolute atomic E-state index is 0.225. The van der Waals surface area contributed by atoms with Crippen molar-refractivity contribution < 1.29 is 14.3 Å². The van der Waals surface area contributed by atoms with E-state index in [4.69, 9.17) is 4.74 Å². The van der Waals surface area contributed by atoms with Gasteiger partial charge in [0, 0.05) is 34.6 Å². The van der Waals surface area contributed by atoms with Gasteiger partial charge in [-0.3, -0.25) is 4.79 Å². The Morgan fingerprint density at radius 1 is 1.07 bits per heavy atom. The molecule has 0 spiro atoms. The smallest absolute Gasteiger partial charge is 0.338 e.